The van der Waals surface area contributed by atoms with Gasteiger partial charge >= 0.3 is 0 Å². The summed E-state index contributed by atoms with van der Waals surface area (Å²) in [6.45, 7) is 2.04. The van der Waals surface area contributed by atoms with Crippen molar-refractivity contribution in [3.8, 4) is 0 Å². The number of hydrogen-bond acceptors (Lipinski definition) is 3. The number of allylic oxidation sites excluding steroid dienone is 1. The van der Waals surface area contributed by atoms with Crippen LogP contribution in [-0.4, -0.2) is 52.3 Å². The molecule has 6 unspecified atom stereocenters. The van der Waals surface area contributed by atoms with Crippen LogP contribution in [0.5, 0.6) is 0 Å². The van der Waals surface area contributed by atoms with E-state index in [9.17, 15) is 9.60 Å². The second kappa shape index (κ2) is 9.04. The molecule has 1 aromatic carbocycles. The molecule has 2 aliphatic carbocycles. The maximum absolute atomic E-state index is 13.2. The minimum absolute atomic E-state index is 0.0250. The van der Waals surface area contributed by atoms with E-state index in [0.717, 1.165) is 57.8 Å². The zero-order valence-corrected chi connectivity index (χ0v) is 21.8. The molecule has 2 spiro atoms. The maximum atomic E-state index is 13.2. The molecular weight excluding hydrogens is 451 g/mol. The van der Waals surface area contributed by atoms with Gasteiger partial charge in [0.25, 0.3) is 0 Å². The highest BCUT2D eigenvalue weighted by Gasteiger charge is 2.60. The number of hydrogen-bond donors (Lipinski definition) is 1. The molecule has 4 nitrogen and oxygen atoms in total. The highest BCUT2D eigenvalue weighted by atomic mass is 19.1. The quantitative estimate of drug-likeness (QED) is 0.368. The number of aromatic nitrogens is 1. The van der Waals surface area contributed by atoms with Crippen LogP contribution in [0.2, 0.25) is 0 Å². The first-order valence-electron chi connectivity index (χ1n) is 13.9. The molecule has 4 aliphatic rings. The molecule has 0 radical (unpaired) electrons. The van der Waals surface area contributed by atoms with Gasteiger partial charge in [0.1, 0.15) is 19.3 Å². The van der Waals surface area contributed by atoms with Crippen molar-refractivity contribution in [2.24, 2.45) is 5.92 Å². The predicted molar refractivity (Wildman–Crippen MR) is 141 cm³/mol. The van der Waals surface area contributed by atoms with E-state index >= 15 is 0 Å². The SMILES string of the molecule is CC1CCC(c2ccc3ccncc3c2)CCC=C2C=C3CCC([N+](C)(O)CCF)CC34CCC21O4. The Bertz CT molecular complexity index is 1210. The van der Waals surface area contributed by atoms with E-state index in [1.54, 1.807) is 7.05 Å². The fourth-order valence-corrected chi connectivity index (χ4v) is 7.74. The van der Waals surface area contributed by atoms with Crippen LogP contribution in [0.4, 0.5) is 4.39 Å². The number of rotatable bonds is 4. The van der Waals surface area contributed by atoms with E-state index in [-0.39, 0.29) is 28.4 Å². The summed E-state index contributed by atoms with van der Waals surface area (Å²) in [5.41, 5.74) is 3.71. The predicted octanol–water partition coefficient (Wildman–Crippen LogP) is 7.04. The van der Waals surface area contributed by atoms with Gasteiger partial charge in [-0.2, -0.15) is 4.65 Å². The Morgan fingerprint density at radius 2 is 2.03 bits per heavy atom. The molecule has 1 N–H and O–H groups in total. The van der Waals surface area contributed by atoms with Gasteiger partial charge in [-0.1, -0.05) is 31.2 Å². The highest BCUT2D eigenvalue weighted by molar-refractivity contribution is 5.82. The normalized spacial score (nSPS) is 35.9. The summed E-state index contributed by atoms with van der Waals surface area (Å²) in [7, 11) is 1.76. The van der Waals surface area contributed by atoms with E-state index in [1.165, 1.54) is 27.5 Å². The molecule has 1 aromatic heterocycles. The van der Waals surface area contributed by atoms with Crippen LogP contribution >= 0.6 is 0 Å². The zero-order valence-electron chi connectivity index (χ0n) is 21.8. The van der Waals surface area contributed by atoms with E-state index in [0.29, 0.717) is 11.8 Å². The molecule has 2 aliphatic heterocycles. The minimum Gasteiger partial charge on any atom is -0.359 e. The lowest BCUT2D eigenvalue weighted by molar-refractivity contribution is -1.11. The molecule has 5 heteroatoms. The van der Waals surface area contributed by atoms with E-state index < -0.39 is 6.67 Å². The number of pyridine rings is 1. The van der Waals surface area contributed by atoms with Gasteiger partial charge in [-0.05, 0) is 91.0 Å². The Balaban J connectivity index is 1.27. The van der Waals surface area contributed by atoms with Gasteiger partial charge in [0.05, 0.1) is 18.2 Å². The second-order valence-electron chi connectivity index (χ2n) is 12.1. The molecule has 2 fully saturated rings. The summed E-state index contributed by atoms with van der Waals surface area (Å²) < 4.78 is 20.2. The number of nitrogens with zero attached hydrogens (tertiary/aromatic N) is 2. The average Bonchev–Trinajstić information content (AvgIpc) is 3.22. The summed E-state index contributed by atoms with van der Waals surface area (Å²) >= 11 is 0. The Labute approximate surface area is 214 Å². The number of quaternary nitrogens is 1. The molecular formula is C31H40FN2O2+. The third kappa shape index (κ3) is 3.95. The number of ether oxygens (including phenoxy) is 1. The molecule has 192 valence electrons. The second-order valence-corrected chi connectivity index (χ2v) is 12.1. The van der Waals surface area contributed by atoms with Crippen molar-refractivity contribution in [2.45, 2.75) is 87.9 Å². The third-order valence-corrected chi connectivity index (χ3v) is 10.1. The van der Waals surface area contributed by atoms with Crippen LogP contribution in [0.15, 0.2) is 60.0 Å². The fraction of sp³-hybridized carbons (Fsp3) is 0.581. The van der Waals surface area contributed by atoms with Gasteiger partial charge in [0.15, 0.2) is 0 Å². The Morgan fingerprint density at radius 1 is 1.14 bits per heavy atom. The van der Waals surface area contributed by atoms with Crippen molar-refractivity contribution in [3.63, 3.8) is 0 Å². The van der Waals surface area contributed by atoms with Crippen LogP contribution in [0.3, 0.4) is 0 Å². The summed E-state index contributed by atoms with van der Waals surface area (Å²) in [6, 6.07) is 9.00. The van der Waals surface area contributed by atoms with Gasteiger partial charge in [-0.3, -0.25) is 4.98 Å². The van der Waals surface area contributed by atoms with Crippen molar-refractivity contribution in [3.05, 3.63) is 65.5 Å². The van der Waals surface area contributed by atoms with Crippen LogP contribution in [0, 0.1) is 5.92 Å². The summed E-state index contributed by atoms with van der Waals surface area (Å²) in [5.74, 6) is 0.957. The van der Waals surface area contributed by atoms with E-state index in [2.05, 4.69) is 48.3 Å². The number of alkyl halides is 1. The third-order valence-electron chi connectivity index (χ3n) is 10.1. The largest absolute Gasteiger partial charge is 0.359 e. The van der Waals surface area contributed by atoms with Crippen molar-refractivity contribution in [1.82, 2.24) is 4.98 Å². The van der Waals surface area contributed by atoms with Crippen LogP contribution in [0.1, 0.15) is 76.2 Å². The first-order valence-corrected chi connectivity index (χ1v) is 13.9. The standard InChI is InChI=1S/C31H40FN2O2/c1-22-6-7-23(25-9-8-24-12-16-33-21-26(24)18-25)4-3-5-28-19-27-10-11-29(34(2,35)17-15-32)20-30(27)13-14-31(22,28)36-30/h5,8-9,12,16,18-19,21-23,29,35H,3-4,6-7,10-11,13-15,17,20H2,1-2H3/q+1. The Hall–Kier alpha value is -2.08. The number of halogens is 1. The van der Waals surface area contributed by atoms with Gasteiger partial charge in [-0.15, -0.1) is 0 Å². The molecule has 36 heavy (non-hydrogen) atoms. The van der Waals surface area contributed by atoms with Gasteiger partial charge in [0, 0.05) is 30.6 Å². The van der Waals surface area contributed by atoms with Crippen LogP contribution in [-0.2, 0) is 4.74 Å². The number of fused-ring (bicyclic) bond motifs is 1. The van der Waals surface area contributed by atoms with Crippen LogP contribution < -0.4 is 0 Å². The monoisotopic (exact) mass is 491 g/mol. The van der Waals surface area contributed by atoms with Gasteiger partial charge in [-0.25, -0.2) is 9.60 Å². The Morgan fingerprint density at radius 3 is 2.89 bits per heavy atom. The Kier molecular flexibility index (Phi) is 6.09. The van der Waals surface area contributed by atoms with Crippen molar-refractivity contribution >= 4 is 10.8 Å². The summed E-state index contributed by atoms with van der Waals surface area (Å²) in [5, 5.41) is 13.4. The lowest BCUT2D eigenvalue weighted by atomic mass is 9.73. The summed E-state index contributed by atoms with van der Waals surface area (Å²) in [4.78, 5) is 4.33. The van der Waals surface area contributed by atoms with E-state index in [4.69, 9.17) is 4.74 Å². The molecule has 0 amide bonds. The maximum Gasteiger partial charge on any atom is 0.141 e. The van der Waals surface area contributed by atoms with Crippen molar-refractivity contribution < 1.29 is 19.0 Å². The molecule has 1 saturated carbocycles. The average molecular weight is 492 g/mol. The lowest BCUT2D eigenvalue weighted by Gasteiger charge is -2.49. The molecule has 6 rings (SSSR count). The first kappa shape index (κ1) is 24.3. The van der Waals surface area contributed by atoms with Gasteiger partial charge < -0.3 is 4.74 Å². The molecule has 6 atom stereocenters. The minimum atomic E-state index is -0.497. The van der Waals surface area contributed by atoms with Gasteiger partial charge in [0.2, 0.25) is 0 Å². The molecule has 1 saturated heterocycles. The fourth-order valence-electron chi connectivity index (χ4n) is 7.74. The topological polar surface area (TPSA) is 42.4 Å². The zero-order chi connectivity index (χ0) is 25.0. The van der Waals surface area contributed by atoms with Crippen LogP contribution in [0.25, 0.3) is 10.8 Å². The summed E-state index contributed by atoms with van der Waals surface area (Å²) in [6.07, 6.45) is 17.9. The smallest absolute Gasteiger partial charge is 0.141 e. The number of benzene rings is 1. The van der Waals surface area contributed by atoms with E-state index in [1.807, 2.05) is 12.4 Å². The first-order chi connectivity index (χ1) is 17.4. The number of hydroxylamine groups is 3. The van der Waals surface area contributed by atoms with Crippen molar-refractivity contribution in [1.29, 1.82) is 0 Å². The molecule has 2 bridgehead atoms. The van der Waals surface area contributed by atoms with Crippen molar-refractivity contribution in [2.75, 3.05) is 20.3 Å². The molecule has 3 heterocycles. The molecule has 2 aromatic rings. The lowest BCUT2D eigenvalue weighted by Crippen LogP contribution is -2.57. The highest BCUT2D eigenvalue weighted by Crippen LogP contribution is 2.59.